The van der Waals surface area contributed by atoms with Crippen LogP contribution < -0.4 is 9.47 Å². The number of ether oxygens (including phenoxy) is 2. The fraction of sp³-hybridized carbons (Fsp3) is 0.647. The lowest BCUT2D eigenvalue weighted by Gasteiger charge is -2.34. The number of hydrogen-bond donors (Lipinski definition) is 1. The lowest BCUT2D eigenvalue weighted by atomic mass is 9.89. The van der Waals surface area contributed by atoms with Gasteiger partial charge in [-0.1, -0.05) is 0 Å². The summed E-state index contributed by atoms with van der Waals surface area (Å²) in [6, 6.07) is 4.12. The van der Waals surface area contributed by atoms with Crippen molar-refractivity contribution in [2.45, 2.75) is 32.8 Å². The van der Waals surface area contributed by atoms with E-state index in [9.17, 15) is 5.11 Å². The summed E-state index contributed by atoms with van der Waals surface area (Å²) in [4.78, 5) is 2.28. The van der Waals surface area contributed by atoms with Crippen molar-refractivity contribution < 1.29 is 14.6 Å². The zero-order chi connectivity index (χ0) is 16.1. The van der Waals surface area contributed by atoms with Crippen LogP contribution in [0.2, 0.25) is 0 Å². The molecule has 0 bridgehead atoms. The van der Waals surface area contributed by atoms with E-state index in [1.165, 1.54) is 0 Å². The van der Waals surface area contributed by atoms with Crippen LogP contribution in [0.25, 0.3) is 0 Å². The Labute approximate surface area is 141 Å². The first-order chi connectivity index (χ1) is 10.5. The third-order valence-corrected chi connectivity index (χ3v) is 4.64. The van der Waals surface area contributed by atoms with Gasteiger partial charge in [0.1, 0.15) is 0 Å². The van der Waals surface area contributed by atoms with Gasteiger partial charge < -0.3 is 19.5 Å². The number of halogens is 1. The number of hydrogen-bond acceptors (Lipinski definition) is 4. The largest absolute Gasteiger partial charge is 0.490 e. The van der Waals surface area contributed by atoms with Crippen molar-refractivity contribution >= 4 is 15.9 Å². The predicted octanol–water partition coefficient (Wildman–Crippen LogP) is 3.10. The second kappa shape index (κ2) is 8.18. The Kier molecular flexibility index (Phi) is 6.53. The van der Waals surface area contributed by atoms with E-state index in [1.54, 1.807) is 0 Å². The highest BCUT2D eigenvalue weighted by atomic mass is 79.9. The highest BCUT2D eigenvalue weighted by molar-refractivity contribution is 9.10. The summed E-state index contributed by atoms with van der Waals surface area (Å²) in [7, 11) is 2.11. The Bertz CT molecular complexity index is 495. The maximum absolute atomic E-state index is 10.2. The van der Waals surface area contributed by atoms with Crippen molar-refractivity contribution in [2.24, 2.45) is 5.92 Å². The molecule has 1 N–H and O–H groups in total. The van der Waals surface area contributed by atoms with Crippen molar-refractivity contribution in [1.29, 1.82) is 0 Å². The maximum Gasteiger partial charge on any atom is 0.175 e. The summed E-state index contributed by atoms with van der Waals surface area (Å²) < 4.78 is 12.3. The predicted molar refractivity (Wildman–Crippen MR) is 91.8 cm³/mol. The Morgan fingerprint density at radius 2 is 2.00 bits per heavy atom. The van der Waals surface area contributed by atoms with E-state index in [1.807, 2.05) is 19.9 Å². The smallest absolute Gasteiger partial charge is 0.175 e. The standard InChI is InChI=1S/C17H26BrNO3/c1-4-21-16-10-12(9-14(18)17(16)22-5-2)8-13-11-19(3)7-6-15(13)20/h9-10,13,15,20H,4-8,11H2,1-3H3. The summed E-state index contributed by atoms with van der Waals surface area (Å²) in [6.07, 6.45) is 1.46. The van der Waals surface area contributed by atoms with Gasteiger partial charge in [-0.15, -0.1) is 0 Å². The molecular formula is C17H26BrNO3. The van der Waals surface area contributed by atoms with Crippen LogP contribution in [-0.4, -0.2) is 49.5 Å². The molecule has 1 aromatic carbocycles. The van der Waals surface area contributed by atoms with E-state index in [-0.39, 0.29) is 12.0 Å². The van der Waals surface area contributed by atoms with Crippen LogP contribution in [0.4, 0.5) is 0 Å². The van der Waals surface area contributed by atoms with Crippen molar-refractivity contribution in [3.63, 3.8) is 0 Å². The molecule has 0 spiro atoms. The van der Waals surface area contributed by atoms with Gasteiger partial charge in [0.25, 0.3) is 0 Å². The van der Waals surface area contributed by atoms with E-state index < -0.39 is 0 Å². The van der Waals surface area contributed by atoms with Crippen LogP contribution in [0.3, 0.4) is 0 Å². The number of aliphatic hydroxyl groups is 1. The first-order valence-electron chi connectivity index (χ1n) is 7.99. The summed E-state index contributed by atoms with van der Waals surface area (Å²) in [5, 5.41) is 10.2. The first kappa shape index (κ1) is 17.6. The summed E-state index contributed by atoms with van der Waals surface area (Å²) in [6.45, 7) is 7.03. The second-order valence-electron chi connectivity index (χ2n) is 5.85. The quantitative estimate of drug-likeness (QED) is 0.833. The average molecular weight is 372 g/mol. The number of piperidine rings is 1. The molecular weight excluding hydrogens is 346 g/mol. The summed E-state index contributed by atoms with van der Waals surface area (Å²) >= 11 is 3.58. The second-order valence-corrected chi connectivity index (χ2v) is 6.71. The Hall–Kier alpha value is -0.780. The molecule has 22 heavy (non-hydrogen) atoms. The molecule has 0 amide bonds. The molecule has 2 atom stereocenters. The zero-order valence-corrected chi connectivity index (χ0v) is 15.2. The van der Waals surface area contributed by atoms with Crippen molar-refractivity contribution in [3.8, 4) is 11.5 Å². The van der Waals surface area contributed by atoms with Crippen molar-refractivity contribution in [2.75, 3.05) is 33.4 Å². The van der Waals surface area contributed by atoms with Crippen molar-refractivity contribution in [1.82, 2.24) is 4.90 Å². The highest BCUT2D eigenvalue weighted by Crippen LogP contribution is 2.38. The molecule has 4 nitrogen and oxygen atoms in total. The molecule has 5 heteroatoms. The normalized spacial score (nSPS) is 22.6. The van der Waals surface area contributed by atoms with Crippen molar-refractivity contribution in [3.05, 3.63) is 22.2 Å². The van der Waals surface area contributed by atoms with Gasteiger partial charge in [-0.2, -0.15) is 0 Å². The Balaban J connectivity index is 2.20. The van der Waals surface area contributed by atoms with Crippen LogP contribution in [0, 0.1) is 5.92 Å². The highest BCUT2D eigenvalue weighted by Gasteiger charge is 2.26. The van der Waals surface area contributed by atoms with Crippen LogP contribution in [0.5, 0.6) is 11.5 Å². The molecule has 0 aromatic heterocycles. The van der Waals surface area contributed by atoms with E-state index in [0.29, 0.717) is 13.2 Å². The minimum absolute atomic E-state index is 0.225. The van der Waals surface area contributed by atoms with Gasteiger partial charge >= 0.3 is 0 Å². The third kappa shape index (κ3) is 4.37. The number of rotatable bonds is 6. The maximum atomic E-state index is 10.2. The zero-order valence-electron chi connectivity index (χ0n) is 13.6. The van der Waals surface area contributed by atoms with E-state index in [4.69, 9.17) is 9.47 Å². The molecule has 1 aliphatic rings. The fourth-order valence-corrected chi connectivity index (χ4v) is 3.60. The van der Waals surface area contributed by atoms with E-state index in [0.717, 1.165) is 47.5 Å². The first-order valence-corrected chi connectivity index (χ1v) is 8.79. The molecule has 0 saturated carbocycles. The van der Waals surface area contributed by atoms with E-state index in [2.05, 4.69) is 33.9 Å². The molecule has 124 valence electrons. The number of likely N-dealkylation sites (tertiary alicyclic amines) is 1. The third-order valence-electron chi connectivity index (χ3n) is 4.05. The summed E-state index contributed by atoms with van der Waals surface area (Å²) in [5.41, 5.74) is 1.16. The molecule has 2 rings (SSSR count). The molecule has 1 fully saturated rings. The minimum Gasteiger partial charge on any atom is -0.490 e. The van der Waals surface area contributed by atoms with Crippen LogP contribution in [0.15, 0.2) is 16.6 Å². The molecule has 1 heterocycles. The monoisotopic (exact) mass is 371 g/mol. The molecule has 1 aromatic rings. The fourth-order valence-electron chi connectivity index (χ4n) is 2.99. The van der Waals surface area contributed by atoms with Crippen LogP contribution >= 0.6 is 15.9 Å². The molecule has 0 aliphatic carbocycles. The number of nitrogens with zero attached hydrogens (tertiary/aromatic N) is 1. The Morgan fingerprint density at radius 3 is 2.68 bits per heavy atom. The van der Waals surface area contributed by atoms with Crippen LogP contribution in [0.1, 0.15) is 25.8 Å². The van der Waals surface area contributed by atoms with Crippen LogP contribution in [-0.2, 0) is 6.42 Å². The Morgan fingerprint density at radius 1 is 1.27 bits per heavy atom. The SMILES string of the molecule is CCOc1cc(CC2CN(C)CCC2O)cc(Br)c1OCC. The molecule has 1 saturated heterocycles. The van der Waals surface area contributed by atoms with Gasteiger partial charge in [0.05, 0.1) is 23.8 Å². The summed E-state index contributed by atoms with van der Waals surface area (Å²) in [5.74, 6) is 1.79. The number of benzene rings is 1. The van der Waals surface area contributed by atoms with Gasteiger partial charge in [0.15, 0.2) is 11.5 Å². The van der Waals surface area contributed by atoms with Gasteiger partial charge in [0.2, 0.25) is 0 Å². The lowest BCUT2D eigenvalue weighted by Crippen LogP contribution is -2.41. The van der Waals surface area contributed by atoms with E-state index >= 15 is 0 Å². The minimum atomic E-state index is -0.225. The van der Waals surface area contributed by atoms with Gasteiger partial charge in [-0.25, -0.2) is 0 Å². The lowest BCUT2D eigenvalue weighted by molar-refractivity contribution is 0.0366. The molecule has 1 aliphatic heterocycles. The number of aliphatic hydroxyl groups excluding tert-OH is 1. The average Bonchev–Trinajstić information content (AvgIpc) is 2.47. The van der Waals surface area contributed by atoms with Gasteiger partial charge in [-0.3, -0.25) is 0 Å². The van der Waals surface area contributed by atoms with Gasteiger partial charge in [0, 0.05) is 19.0 Å². The molecule has 0 radical (unpaired) electrons. The molecule has 2 unspecified atom stereocenters. The topological polar surface area (TPSA) is 41.9 Å². The van der Waals surface area contributed by atoms with Gasteiger partial charge in [-0.05, 0) is 67.4 Å².